The summed E-state index contributed by atoms with van der Waals surface area (Å²) in [6, 6.07) is 0. The Hall–Kier alpha value is 0.560. The van der Waals surface area contributed by atoms with Crippen molar-refractivity contribution in [2.24, 2.45) is 0 Å². The molecule has 1 fully saturated rings. The van der Waals surface area contributed by atoms with Crippen molar-refractivity contribution in [3.05, 3.63) is 0 Å². The van der Waals surface area contributed by atoms with Gasteiger partial charge in [0.2, 0.25) is 5.92 Å². The van der Waals surface area contributed by atoms with Crippen molar-refractivity contribution in [2.75, 3.05) is 0 Å². The molecule has 0 bridgehead atoms. The van der Waals surface area contributed by atoms with Gasteiger partial charge in [0.05, 0.1) is 0 Å². The predicted molar refractivity (Wildman–Crippen MR) is 34.5 cm³/mol. The fourth-order valence-electron chi connectivity index (χ4n) is 0.681. The van der Waals surface area contributed by atoms with Crippen LogP contribution in [0.5, 0.6) is 0 Å². The molecule has 0 aromatic heterocycles. The van der Waals surface area contributed by atoms with Crippen LogP contribution in [-0.2, 0) is 0 Å². The molecule has 4 heteroatoms. The van der Waals surface area contributed by atoms with Gasteiger partial charge >= 0.3 is 0 Å². The average Bonchev–Trinajstić information content (AvgIpc) is 1.60. The van der Waals surface area contributed by atoms with E-state index in [9.17, 15) is 8.78 Å². The number of halogens is 2. The van der Waals surface area contributed by atoms with Crippen LogP contribution in [-0.4, -0.2) is 11.2 Å². The summed E-state index contributed by atoms with van der Waals surface area (Å²) in [5.74, 6) is -2.37. The van der Waals surface area contributed by atoms with Crippen LogP contribution in [0, 0.1) is 0 Å². The van der Waals surface area contributed by atoms with E-state index >= 15 is 0 Å². The van der Waals surface area contributed by atoms with Crippen molar-refractivity contribution in [1.29, 1.82) is 0 Å². The van der Waals surface area contributed by atoms with Gasteiger partial charge in [-0.2, -0.15) is 0 Å². The highest BCUT2D eigenvalue weighted by Gasteiger charge is 2.45. The van der Waals surface area contributed by atoms with E-state index in [1.54, 1.807) is 0 Å². The molecule has 1 aliphatic rings. The fourth-order valence-corrected chi connectivity index (χ4v) is 1.76. The van der Waals surface area contributed by atoms with Crippen molar-refractivity contribution >= 4 is 22.5 Å². The van der Waals surface area contributed by atoms with E-state index in [0.717, 1.165) is 0 Å². The molecule has 0 aromatic carbocycles. The molecule has 0 N–H and O–H groups in total. The van der Waals surface area contributed by atoms with Gasteiger partial charge in [-0.05, 0) is 0 Å². The molecule has 1 rings (SSSR count). The van der Waals surface area contributed by atoms with E-state index < -0.39 is 5.92 Å². The van der Waals surface area contributed by atoms with Crippen LogP contribution < -0.4 is 0 Å². The van der Waals surface area contributed by atoms with Crippen LogP contribution in [0.4, 0.5) is 8.78 Å². The Bertz CT molecular complexity index is 86.0. The molecule has 0 unspecified atom stereocenters. The molecule has 0 amide bonds. The fraction of sp³-hybridized carbons (Fsp3) is 1.00. The van der Waals surface area contributed by atoms with Crippen LogP contribution in [0.2, 0.25) is 0 Å². The first kappa shape index (κ1) is 6.68. The van der Waals surface area contributed by atoms with Gasteiger partial charge in [-0.1, -0.05) is 10.8 Å². The molecule has 0 saturated heterocycles. The molecule has 8 heavy (non-hydrogen) atoms. The summed E-state index contributed by atoms with van der Waals surface area (Å²) >= 11 is 3.81. The van der Waals surface area contributed by atoms with Crippen LogP contribution in [0.3, 0.4) is 0 Å². The number of hydrogen-bond donors (Lipinski definition) is 1. The number of thiol groups is 1. The molecule has 1 saturated carbocycles. The van der Waals surface area contributed by atoms with Gasteiger partial charge in [0.1, 0.15) is 0 Å². The molecule has 0 aromatic rings. The quantitative estimate of drug-likeness (QED) is 0.449. The van der Waals surface area contributed by atoms with Crippen LogP contribution in [0.25, 0.3) is 0 Å². The normalized spacial score (nSPS) is 27.4. The molecule has 0 radical (unpaired) electrons. The lowest BCUT2D eigenvalue weighted by Crippen LogP contribution is -2.36. The Morgan fingerprint density at radius 3 is 2.12 bits per heavy atom. The lowest BCUT2D eigenvalue weighted by molar-refractivity contribution is -0.0663. The molecule has 1 aliphatic carbocycles. The number of rotatable bonds is 1. The van der Waals surface area contributed by atoms with Crippen molar-refractivity contribution in [3.8, 4) is 0 Å². The van der Waals surface area contributed by atoms with Crippen molar-refractivity contribution in [3.63, 3.8) is 0 Å². The zero-order chi connectivity index (χ0) is 6.20. The van der Waals surface area contributed by atoms with E-state index in [1.807, 2.05) is 0 Å². The zero-order valence-electron chi connectivity index (χ0n) is 4.10. The second kappa shape index (κ2) is 2.06. The zero-order valence-corrected chi connectivity index (χ0v) is 5.81. The third kappa shape index (κ3) is 1.29. The van der Waals surface area contributed by atoms with Gasteiger partial charge in [-0.3, -0.25) is 0 Å². The molecule has 0 aliphatic heterocycles. The Labute approximate surface area is 55.8 Å². The second-order valence-corrected chi connectivity index (χ2v) is 3.50. The van der Waals surface area contributed by atoms with Gasteiger partial charge in [-0.15, -0.1) is 11.7 Å². The lowest BCUT2D eigenvalue weighted by atomic mass is 9.94. The Balaban J connectivity index is 2.21. The van der Waals surface area contributed by atoms with Crippen molar-refractivity contribution < 1.29 is 8.78 Å². The Morgan fingerprint density at radius 1 is 1.50 bits per heavy atom. The molecular formula is C4H6F2S2. The highest BCUT2D eigenvalue weighted by molar-refractivity contribution is 8.68. The van der Waals surface area contributed by atoms with E-state index in [0.29, 0.717) is 0 Å². The summed E-state index contributed by atoms with van der Waals surface area (Å²) in [4.78, 5) is 0. The topological polar surface area (TPSA) is 0 Å². The largest absolute Gasteiger partial charge is 0.250 e. The van der Waals surface area contributed by atoms with Crippen LogP contribution in [0.15, 0.2) is 0 Å². The third-order valence-electron chi connectivity index (χ3n) is 1.20. The smallest absolute Gasteiger partial charge is 0.207 e. The highest BCUT2D eigenvalue weighted by Crippen LogP contribution is 2.44. The maximum atomic E-state index is 11.9. The maximum Gasteiger partial charge on any atom is 0.250 e. The minimum Gasteiger partial charge on any atom is -0.207 e. The number of alkyl halides is 2. The molecule has 0 heterocycles. The van der Waals surface area contributed by atoms with Gasteiger partial charge in [-0.25, -0.2) is 8.78 Å². The first-order valence-corrected chi connectivity index (χ1v) is 4.25. The van der Waals surface area contributed by atoms with Crippen LogP contribution in [0.1, 0.15) is 12.8 Å². The maximum absolute atomic E-state index is 11.9. The van der Waals surface area contributed by atoms with Gasteiger partial charge in [0, 0.05) is 18.1 Å². The van der Waals surface area contributed by atoms with E-state index in [2.05, 4.69) is 11.7 Å². The third-order valence-corrected chi connectivity index (χ3v) is 2.73. The van der Waals surface area contributed by atoms with Gasteiger partial charge in [0.25, 0.3) is 0 Å². The van der Waals surface area contributed by atoms with Gasteiger partial charge in [0.15, 0.2) is 0 Å². The minimum atomic E-state index is -2.37. The lowest BCUT2D eigenvalue weighted by Gasteiger charge is -2.32. The first-order valence-electron chi connectivity index (χ1n) is 2.32. The first-order chi connectivity index (χ1) is 3.64. The molecule has 0 atom stereocenters. The summed E-state index contributed by atoms with van der Waals surface area (Å²) < 4.78 is 23.9. The van der Waals surface area contributed by atoms with E-state index in [1.165, 1.54) is 10.8 Å². The number of hydrogen-bond acceptors (Lipinski definition) is 2. The second-order valence-electron chi connectivity index (χ2n) is 1.99. The average molecular weight is 156 g/mol. The molecule has 48 valence electrons. The summed E-state index contributed by atoms with van der Waals surface area (Å²) in [6.45, 7) is 0. The monoisotopic (exact) mass is 156 g/mol. The standard InChI is InChI=1S/C4H6F2S2/c5-4(6)1-3(2-4)8-7/h3,7H,1-2H2. The predicted octanol–water partition coefficient (Wildman–Crippen LogP) is 2.36. The Kier molecular flexibility index (Phi) is 1.72. The summed E-state index contributed by atoms with van der Waals surface area (Å²) in [5, 5.41) is 0.0910. The van der Waals surface area contributed by atoms with Gasteiger partial charge < -0.3 is 0 Å². The molecular weight excluding hydrogens is 150 g/mol. The highest BCUT2D eigenvalue weighted by atomic mass is 33.1. The molecule has 0 nitrogen and oxygen atoms in total. The molecule has 0 spiro atoms. The van der Waals surface area contributed by atoms with E-state index in [-0.39, 0.29) is 18.1 Å². The van der Waals surface area contributed by atoms with Crippen LogP contribution >= 0.6 is 22.5 Å². The summed E-state index contributed by atoms with van der Waals surface area (Å²) in [7, 11) is 1.23. The SMILES string of the molecule is FC1(F)CC(SS)C1. The Morgan fingerprint density at radius 2 is 2.00 bits per heavy atom. The van der Waals surface area contributed by atoms with E-state index in [4.69, 9.17) is 0 Å². The minimum absolute atomic E-state index is 0.0150. The van der Waals surface area contributed by atoms with Crippen molar-refractivity contribution in [2.45, 2.75) is 24.0 Å². The summed E-state index contributed by atoms with van der Waals surface area (Å²) in [5.41, 5.74) is 0. The van der Waals surface area contributed by atoms with Crippen molar-refractivity contribution in [1.82, 2.24) is 0 Å². The summed E-state index contributed by atoms with van der Waals surface area (Å²) in [6.07, 6.45) is 0.0301.